The van der Waals surface area contributed by atoms with E-state index < -0.39 is 0 Å². The number of aldehydes is 1. The minimum Gasteiger partial charge on any atom is -0.508 e. The number of phenols is 1. The molecule has 0 fully saturated rings. The van der Waals surface area contributed by atoms with Gasteiger partial charge in [0.15, 0.2) is 0 Å². The number of carbonyl (C=O) groups is 1. The molecular weight excluding hydrogens is 252 g/mol. The van der Waals surface area contributed by atoms with Crippen LogP contribution in [0.5, 0.6) is 5.75 Å². The van der Waals surface area contributed by atoms with Crippen molar-refractivity contribution in [3.05, 3.63) is 48.1 Å². The van der Waals surface area contributed by atoms with Crippen LogP contribution in [0, 0.1) is 5.92 Å². The van der Waals surface area contributed by atoms with E-state index in [0.29, 0.717) is 6.42 Å². The second-order valence-corrected chi connectivity index (χ2v) is 4.93. The number of hydrogen-bond donors (Lipinski definition) is 2. The number of hydrogen-bond acceptors (Lipinski definition) is 3. The van der Waals surface area contributed by atoms with E-state index in [0.717, 1.165) is 36.7 Å². The van der Waals surface area contributed by atoms with Crippen molar-refractivity contribution in [2.75, 3.05) is 6.61 Å². The fourth-order valence-electron chi connectivity index (χ4n) is 1.99. The van der Waals surface area contributed by atoms with E-state index in [1.165, 1.54) is 0 Å². The minimum absolute atomic E-state index is 0.116. The molecule has 1 aromatic rings. The molecule has 108 valence electrons. The van der Waals surface area contributed by atoms with E-state index in [-0.39, 0.29) is 18.3 Å². The topological polar surface area (TPSA) is 57.5 Å². The first kappa shape index (κ1) is 16.2. The summed E-state index contributed by atoms with van der Waals surface area (Å²) in [7, 11) is 0. The largest absolute Gasteiger partial charge is 0.508 e. The molecule has 1 unspecified atom stereocenters. The number of aliphatic hydroxyl groups excluding tert-OH is 1. The highest BCUT2D eigenvalue weighted by Crippen LogP contribution is 2.18. The van der Waals surface area contributed by atoms with Gasteiger partial charge in [-0.25, -0.2) is 0 Å². The third-order valence-corrected chi connectivity index (χ3v) is 3.15. The number of carbonyl (C=O) groups excluding carboxylic acids is 1. The lowest BCUT2D eigenvalue weighted by Crippen LogP contribution is -2.06. The van der Waals surface area contributed by atoms with Crippen molar-refractivity contribution >= 4 is 12.4 Å². The molecule has 3 nitrogen and oxygen atoms in total. The number of aliphatic hydroxyl groups is 1. The highest BCUT2D eigenvalue weighted by molar-refractivity contribution is 5.53. The van der Waals surface area contributed by atoms with Gasteiger partial charge in [-0.1, -0.05) is 36.4 Å². The van der Waals surface area contributed by atoms with Crippen LogP contribution >= 0.6 is 0 Å². The van der Waals surface area contributed by atoms with Crippen LogP contribution in [-0.2, 0) is 4.79 Å². The molecule has 3 heteroatoms. The minimum atomic E-state index is 0.116. The Morgan fingerprint density at radius 3 is 2.60 bits per heavy atom. The zero-order valence-electron chi connectivity index (χ0n) is 11.7. The highest BCUT2D eigenvalue weighted by atomic mass is 16.3. The van der Waals surface area contributed by atoms with E-state index in [9.17, 15) is 15.0 Å². The van der Waals surface area contributed by atoms with Crippen LogP contribution in [0.25, 0.3) is 6.08 Å². The summed E-state index contributed by atoms with van der Waals surface area (Å²) in [5.41, 5.74) is 1.94. The Hall–Kier alpha value is -1.87. The maximum Gasteiger partial charge on any atom is 0.119 e. The fourth-order valence-corrected chi connectivity index (χ4v) is 1.99. The molecule has 0 radical (unpaired) electrons. The van der Waals surface area contributed by atoms with Crippen LogP contribution in [0.1, 0.15) is 31.2 Å². The first-order valence-corrected chi connectivity index (χ1v) is 6.85. The molecule has 20 heavy (non-hydrogen) atoms. The lowest BCUT2D eigenvalue weighted by molar-refractivity contribution is -0.108. The molecule has 0 bridgehead atoms. The summed E-state index contributed by atoms with van der Waals surface area (Å²) in [4.78, 5) is 10.3. The number of unbranched alkanes of at least 4 members (excludes halogenated alkanes) is 1. The number of allylic oxidation sites excluding steroid dienone is 2. The predicted octanol–water partition coefficient (Wildman–Crippen LogP) is 3.33. The number of benzene rings is 1. The van der Waals surface area contributed by atoms with Crippen molar-refractivity contribution in [1.29, 1.82) is 0 Å². The molecule has 1 aromatic carbocycles. The molecule has 0 saturated heterocycles. The predicted molar refractivity (Wildman–Crippen MR) is 81.4 cm³/mol. The molecule has 0 saturated carbocycles. The van der Waals surface area contributed by atoms with Gasteiger partial charge in [-0.05, 0) is 42.9 Å². The first-order chi connectivity index (χ1) is 9.65. The van der Waals surface area contributed by atoms with E-state index in [4.69, 9.17) is 0 Å². The molecule has 2 N–H and O–H groups in total. The van der Waals surface area contributed by atoms with Crippen LogP contribution in [0.15, 0.2) is 42.5 Å². The maximum absolute atomic E-state index is 10.3. The Bertz CT molecular complexity index is 446. The number of aromatic hydroxyl groups is 1. The third-order valence-electron chi connectivity index (χ3n) is 3.15. The van der Waals surface area contributed by atoms with Gasteiger partial charge in [-0.15, -0.1) is 0 Å². The summed E-state index contributed by atoms with van der Waals surface area (Å²) in [6.45, 7) is 4.10. The second-order valence-electron chi connectivity index (χ2n) is 4.93. The Labute approximate surface area is 120 Å². The normalized spacial score (nSPS) is 12.4. The smallest absolute Gasteiger partial charge is 0.119 e. The summed E-state index contributed by atoms with van der Waals surface area (Å²) >= 11 is 0. The van der Waals surface area contributed by atoms with Gasteiger partial charge in [0.2, 0.25) is 0 Å². The van der Waals surface area contributed by atoms with Gasteiger partial charge in [0.25, 0.3) is 0 Å². The van der Waals surface area contributed by atoms with Crippen LogP contribution in [0.3, 0.4) is 0 Å². The van der Waals surface area contributed by atoms with Gasteiger partial charge in [-0.3, -0.25) is 0 Å². The van der Waals surface area contributed by atoms with Crippen LogP contribution < -0.4 is 0 Å². The average molecular weight is 274 g/mol. The lowest BCUT2D eigenvalue weighted by atomic mass is 9.95. The van der Waals surface area contributed by atoms with Gasteiger partial charge < -0.3 is 15.0 Å². The number of phenolic OH excluding ortho intramolecular Hbond substituents is 1. The van der Waals surface area contributed by atoms with Gasteiger partial charge in [-0.2, -0.15) is 0 Å². The Morgan fingerprint density at radius 1 is 1.30 bits per heavy atom. The lowest BCUT2D eigenvalue weighted by Gasteiger charge is -2.13. The molecule has 1 rings (SSSR count). The van der Waals surface area contributed by atoms with Crippen LogP contribution in [-0.4, -0.2) is 23.1 Å². The summed E-state index contributed by atoms with van der Waals surface area (Å²) < 4.78 is 0. The van der Waals surface area contributed by atoms with Gasteiger partial charge in [0.1, 0.15) is 12.0 Å². The van der Waals surface area contributed by atoms with Crippen molar-refractivity contribution in [3.8, 4) is 5.75 Å². The first-order valence-electron chi connectivity index (χ1n) is 6.85. The molecule has 0 spiro atoms. The van der Waals surface area contributed by atoms with Crippen LogP contribution in [0.2, 0.25) is 0 Å². The molecule has 0 heterocycles. The monoisotopic (exact) mass is 274 g/mol. The van der Waals surface area contributed by atoms with Gasteiger partial charge >= 0.3 is 0 Å². The molecule has 0 aliphatic heterocycles. The van der Waals surface area contributed by atoms with Gasteiger partial charge in [0.05, 0.1) is 0 Å². The summed E-state index contributed by atoms with van der Waals surface area (Å²) in [6.07, 6.45) is 7.69. The van der Waals surface area contributed by atoms with Crippen molar-refractivity contribution in [3.63, 3.8) is 0 Å². The highest BCUT2D eigenvalue weighted by Gasteiger charge is 2.07. The SMILES string of the molecule is C=C(/C=C/c1ccc(O)cc1)CC(CO)CCCC=O. The fraction of sp³-hybridized carbons (Fsp3) is 0.353. The number of rotatable bonds is 9. The van der Waals surface area contributed by atoms with E-state index in [2.05, 4.69) is 6.58 Å². The molecular formula is C17H22O3. The van der Waals surface area contributed by atoms with E-state index in [1.54, 1.807) is 12.1 Å². The molecule has 0 amide bonds. The molecule has 0 aliphatic rings. The van der Waals surface area contributed by atoms with E-state index >= 15 is 0 Å². The van der Waals surface area contributed by atoms with Crippen LogP contribution in [0.4, 0.5) is 0 Å². The van der Waals surface area contributed by atoms with Crippen molar-refractivity contribution < 1.29 is 15.0 Å². The standard InChI is InChI=1S/C17H22O3/c1-14(12-16(13-19)4-2-3-11-18)5-6-15-7-9-17(20)10-8-15/h5-11,16,19-20H,1-4,12-13H2/b6-5+. The molecule has 0 aromatic heterocycles. The van der Waals surface area contributed by atoms with Crippen molar-refractivity contribution in [2.45, 2.75) is 25.7 Å². The molecule has 1 atom stereocenters. The van der Waals surface area contributed by atoms with Crippen molar-refractivity contribution in [1.82, 2.24) is 0 Å². The molecule has 0 aliphatic carbocycles. The third kappa shape index (κ3) is 6.34. The summed E-state index contributed by atoms with van der Waals surface area (Å²) in [5.74, 6) is 0.406. The van der Waals surface area contributed by atoms with Crippen molar-refractivity contribution in [2.24, 2.45) is 5.92 Å². The second kappa shape index (κ2) is 9.10. The Kier molecular flexibility index (Phi) is 7.36. The van der Waals surface area contributed by atoms with Gasteiger partial charge in [0, 0.05) is 13.0 Å². The zero-order valence-corrected chi connectivity index (χ0v) is 11.7. The summed E-state index contributed by atoms with van der Waals surface area (Å²) in [5, 5.41) is 18.5. The Balaban J connectivity index is 2.44. The summed E-state index contributed by atoms with van der Waals surface area (Å²) in [6, 6.07) is 6.93. The quantitative estimate of drug-likeness (QED) is 0.412. The zero-order chi connectivity index (χ0) is 14.8. The maximum atomic E-state index is 10.3. The van der Waals surface area contributed by atoms with E-state index in [1.807, 2.05) is 24.3 Å². The average Bonchev–Trinajstić information content (AvgIpc) is 2.46. The Morgan fingerprint density at radius 2 is 2.00 bits per heavy atom.